The summed E-state index contributed by atoms with van der Waals surface area (Å²) < 4.78 is 12.0. The molecule has 0 radical (unpaired) electrons. The van der Waals surface area contributed by atoms with Gasteiger partial charge in [0.15, 0.2) is 6.29 Å². The summed E-state index contributed by atoms with van der Waals surface area (Å²) in [5.74, 6) is 1.40. The van der Waals surface area contributed by atoms with E-state index in [1.54, 1.807) is 0 Å². The zero-order valence-corrected chi connectivity index (χ0v) is 12.2. The van der Waals surface area contributed by atoms with Gasteiger partial charge in [0, 0.05) is 18.9 Å². The maximum atomic E-state index is 6.33. The van der Waals surface area contributed by atoms with Gasteiger partial charge in [-0.1, -0.05) is 25.5 Å². The van der Waals surface area contributed by atoms with Gasteiger partial charge < -0.3 is 9.47 Å². The van der Waals surface area contributed by atoms with Crippen molar-refractivity contribution in [1.82, 2.24) is 0 Å². The molecule has 0 bridgehead atoms. The molecular weight excluding hydrogens is 224 g/mol. The summed E-state index contributed by atoms with van der Waals surface area (Å²) in [6.07, 6.45) is 7.23. The van der Waals surface area contributed by atoms with Crippen molar-refractivity contribution in [3.63, 3.8) is 0 Å². The lowest BCUT2D eigenvalue weighted by Crippen LogP contribution is -2.27. The summed E-state index contributed by atoms with van der Waals surface area (Å²) in [5.41, 5.74) is 1.99. The predicted molar refractivity (Wildman–Crippen MR) is 72.2 cm³/mol. The van der Waals surface area contributed by atoms with Gasteiger partial charge in [0.25, 0.3) is 0 Å². The second kappa shape index (κ2) is 4.08. The van der Waals surface area contributed by atoms with Crippen LogP contribution in [0.25, 0.3) is 0 Å². The number of allylic oxidation sites excluding steroid dienone is 2. The Morgan fingerprint density at radius 2 is 2.00 bits per heavy atom. The van der Waals surface area contributed by atoms with Crippen LogP contribution in [0.15, 0.2) is 11.6 Å². The molecule has 3 unspecified atom stereocenters. The molecule has 0 N–H and O–H groups in total. The molecule has 2 saturated carbocycles. The summed E-state index contributed by atoms with van der Waals surface area (Å²) in [6.45, 7) is 10.1. The van der Waals surface area contributed by atoms with Crippen LogP contribution in [-0.4, -0.2) is 18.5 Å². The van der Waals surface area contributed by atoms with E-state index in [2.05, 4.69) is 33.8 Å². The van der Waals surface area contributed by atoms with Gasteiger partial charge in [-0.25, -0.2) is 0 Å². The van der Waals surface area contributed by atoms with E-state index in [4.69, 9.17) is 9.47 Å². The van der Waals surface area contributed by atoms with Gasteiger partial charge in [-0.3, -0.25) is 0 Å². The van der Waals surface area contributed by atoms with Crippen molar-refractivity contribution in [2.24, 2.45) is 17.3 Å². The molecule has 3 fully saturated rings. The third-order valence-electron chi connectivity index (χ3n) is 4.99. The Balaban J connectivity index is 1.69. The molecule has 3 aliphatic rings. The van der Waals surface area contributed by atoms with Crippen LogP contribution in [-0.2, 0) is 9.47 Å². The van der Waals surface area contributed by atoms with Crippen molar-refractivity contribution in [2.75, 3.05) is 6.61 Å². The van der Waals surface area contributed by atoms with Crippen LogP contribution in [0.5, 0.6) is 0 Å². The Labute approximate surface area is 111 Å². The molecule has 1 heterocycles. The molecule has 2 aliphatic carbocycles. The monoisotopic (exact) mass is 250 g/mol. The maximum Gasteiger partial charge on any atom is 0.158 e. The quantitative estimate of drug-likeness (QED) is 0.704. The smallest absolute Gasteiger partial charge is 0.158 e. The topological polar surface area (TPSA) is 18.5 Å². The summed E-state index contributed by atoms with van der Waals surface area (Å²) >= 11 is 0. The van der Waals surface area contributed by atoms with Gasteiger partial charge in [-0.05, 0) is 44.4 Å². The molecule has 2 heteroatoms. The molecule has 102 valence electrons. The van der Waals surface area contributed by atoms with Gasteiger partial charge in [0.05, 0.1) is 5.60 Å². The molecule has 0 aromatic heterocycles. The Hall–Kier alpha value is -0.340. The standard InChI is InChI=1S/C16H26O2/c1-11(2)10-12-14(15(12,3)4)16(7-8-16)18-13-6-5-9-17-13/h10,12-14H,5-9H2,1-4H3. The fraction of sp³-hybridized carbons (Fsp3) is 0.875. The van der Waals surface area contributed by atoms with E-state index in [-0.39, 0.29) is 11.9 Å². The molecule has 0 spiro atoms. The van der Waals surface area contributed by atoms with Crippen molar-refractivity contribution in [2.45, 2.75) is 65.3 Å². The van der Waals surface area contributed by atoms with E-state index in [1.807, 2.05) is 0 Å². The molecule has 0 aromatic carbocycles. The lowest BCUT2D eigenvalue weighted by Gasteiger charge is -2.22. The van der Waals surface area contributed by atoms with E-state index >= 15 is 0 Å². The average molecular weight is 250 g/mol. The van der Waals surface area contributed by atoms with Crippen LogP contribution in [0.2, 0.25) is 0 Å². The highest BCUT2D eigenvalue weighted by molar-refractivity contribution is 5.26. The van der Waals surface area contributed by atoms with Crippen LogP contribution in [0.4, 0.5) is 0 Å². The van der Waals surface area contributed by atoms with Crippen LogP contribution >= 0.6 is 0 Å². The van der Waals surface area contributed by atoms with Crippen molar-refractivity contribution in [3.8, 4) is 0 Å². The SMILES string of the molecule is CC(C)=CC1C(C2(OC3CCCO3)CC2)C1(C)C. The summed E-state index contributed by atoms with van der Waals surface area (Å²) in [6, 6.07) is 0. The van der Waals surface area contributed by atoms with E-state index in [1.165, 1.54) is 18.4 Å². The first-order valence-electron chi connectivity index (χ1n) is 7.40. The van der Waals surface area contributed by atoms with Gasteiger partial charge in [0.2, 0.25) is 0 Å². The number of rotatable bonds is 4. The Morgan fingerprint density at radius 3 is 2.50 bits per heavy atom. The van der Waals surface area contributed by atoms with E-state index in [0.717, 1.165) is 19.4 Å². The molecule has 18 heavy (non-hydrogen) atoms. The average Bonchev–Trinajstić information content (AvgIpc) is 3.03. The van der Waals surface area contributed by atoms with Gasteiger partial charge in [0.1, 0.15) is 0 Å². The minimum absolute atomic E-state index is 0.0799. The maximum absolute atomic E-state index is 6.33. The fourth-order valence-corrected chi connectivity index (χ4v) is 3.88. The Kier molecular flexibility index (Phi) is 2.87. The second-order valence-corrected chi connectivity index (χ2v) is 7.19. The van der Waals surface area contributed by atoms with Crippen molar-refractivity contribution in [3.05, 3.63) is 11.6 Å². The largest absolute Gasteiger partial charge is 0.353 e. The summed E-state index contributed by atoms with van der Waals surface area (Å²) in [7, 11) is 0. The third-order valence-corrected chi connectivity index (χ3v) is 4.99. The van der Waals surface area contributed by atoms with Crippen LogP contribution in [0.1, 0.15) is 53.4 Å². The first kappa shape index (κ1) is 12.7. The normalized spacial score (nSPS) is 39.4. The van der Waals surface area contributed by atoms with E-state index < -0.39 is 0 Å². The minimum Gasteiger partial charge on any atom is -0.353 e. The van der Waals surface area contributed by atoms with E-state index in [0.29, 0.717) is 17.3 Å². The van der Waals surface area contributed by atoms with Crippen molar-refractivity contribution in [1.29, 1.82) is 0 Å². The van der Waals surface area contributed by atoms with Crippen molar-refractivity contribution >= 4 is 0 Å². The molecule has 0 amide bonds. The molecule has 2 nitrogen and oxygen atoms in total. The van der Waals surface area contributed by atoms with Gasteiger partial charge in [-0.15, -0.1) is 0 Å². The lowest BCUT2D eigenvalue weighted by molar-refractivity contribution is -0.164. The molecule has 1 aliphatic heterocycles. The summed E-state index contributed by atoms with van der Waals surface area (Å²) in [5, 5.41) is 0. The zero-order chi connectivity index (χ0) is 13.0. The highest BCUT2D eigenvalue weighted by Crippen LogP contribution is 2.71. The fourth-order valence-electron chi connectivity index (χ4n) is 3.88. The zero-order valence-electron chi connectivity index (χ0n) is 12.2. The van der Waals surface area contributed by atoms with Crippen LogP contribution in [0.3, 0.4) is 0 Å². The molecule has 0 aromatic rings. The predicted octanol–water partition coefficient (Wildman–Crippen LogP) is 3.91. The first-order valence-corrected chi connectivity index (χ1v) is 7.40. The molecule has 3 atom stereocenters. The second-order valence-electron chi connectivity index (χ2n) is 7.19. The minimum atomic E-state index is 0.0799. The van der Waals surface area contributed by atoms with Crippen molar-refractivity contribution < 1.29 is 9.47 Å². The number of hydrogen-bond acceptors (Lipinski definition) is 2. The Bertz CT molecular complexity index is 355. The first-order chi connectivity index (χ1) is 8.46. The number of hydrogen-bond donors (Lipinski definition) is 0. The highest BCUT2D eigenvalue weighted by Gasteiger charge is 2.70. The lowest BCUT2D eigenvalue weighted by atomic mass is 10.0. The third kappa shape index (κ3) is 2.04. The number of ether oxygens (including phenoxy) is 2. The van der Waals surface area contributed by atoms with Gasteiger partial charge >= 0.3 is 0 Å². The van der Waals surface area contributed by atoms with Crippen LogP contribution in [0, 0.1) is 17.3 Å². The highest BCUT2D eigenvalue weighted by atomic mass is 16.7. The summed E-state index contributed by atoms with van der Waals surface area (Å²) in [4.78, 5) is 0. The molecule has 1 saturated heterocycles. The molecule has 3 rings (SSSR count). The van der Waals surface area contributed by atoms with Crippen LogP contribution < -0.4 is 0 Å². The van der Waals surface area contributed by atoms with E-state index in [9.17, 15) is 0 Å². The Morgan fingerprint density at radius 1 is 1.28 bits per heavy atom. The molecular formula is C16H26O2. The van der Waals surface area contributed by atoms with Gasteiger partial charge in [-0.2, -0.15) is 0 Å².